The highest BCUT2D eigenvalue weighted by molar-refractivity contribution is 7.09. The molecule has 1 aromatic heterocycles. The van der Waals surface area contributed by atoms with Crippen LogP contribution in [0, 0.1) is 0 Å². The summed E-state index contributed by atoms with van der Waals surface area (Å²) in [7, 11) is 0. The predicted molar refractivity (Wildman–Crippen MR) is 80.1 cm³/mol. The second-order valence-corrected chi connectivity index (χ2v) is 6.00. The average Bonchev–Trinajstić information content (AvgIpc) is 3.08. The van der Waals surface area contributed by atoms with Gasteiger partial charge in [-0.05, 0) is 42.0 Å². The summed E-state index contributed by atoms with van der Waals surface area (Å²) in [6, 6.07) is 11.3. The summed E-state index contributed by atoms with van der Waals surface area (Å²) in [4.78, 5) is 1.45. The van der Waals surface area contributed by atoms with Crippen molar-refractivity contribution < 1.29 is 4.74 Å². The molecule has 0 amide bonds. The number of ether oxygens (including phenoxy) is 1. The molecule has 0 saturated heterocycles. The molecule has 1 aliphatic heterocycles. The van der Waals surface area contributed by atoms with Crippen LogP contribution in [-0.2, 0) is 12.8 Å². The first-order chi connectivity index (χ1) is 9.33. The molecular weight excluding hydrogens is 254 g/mol. The highest BCUT2D eigenvalue weighted by Crippen LogP contribution is 2.28. The molecule has 0 bridgehead atoms. The van der Waals surface area contributed by atoms with E-state index in [1.54, 1.807) is 0 Å². The molecule has 0 saturated carbocycles. The minimum atomic E-state index is 0.394. The van der Waals surface area contributed by atoms with Crippen molar-refractivity contribution in [1.29, 1.82) is 0 Å². The third-order valence-corrected chi connectivity index (χ3v) is 4.55. The van der Waals surface area contributed by atoms with Gasteiger partial charge in [0, 0.05) is 23.9 Å². The molecule has 1 aliphatic rings. The maximum absolute atomic E-state index is 5.54. The topological polar surface area (TPSA) is 21.3 Å². The quantitative estimate of drug-likeness (QED) is 0.899. The second-order valence-electron chi connectivity index (χ2n) is 4.97. The Hall–Kier alpha value is -1.32. The van der Waals surface area contributed by atoms with Gasteiger partial charge in [0.15, 0.2) is 0 Å². The van der Waals surface area contributed by atoms with Crippen LogP contribution in [0.5, 0.6) is 5.75 Å². The molecule has 0 spiro atoms. The molecule has 0 aliphatic carbocycles. The lowest BCUT2D eigenvalue weighted by molar-refractivity contribution is 0.356. The van der Waals surface area contributed by atoms with E-state index in [1.165, 1.54) is 16.0 Å². The number of nitrogens with one attached hydrogen (secondary N) is 1. The van der Waals surface area contributed by atoms with Crippen molar-refractivity contribution in [2.45, 2.75) is 25.8 Å². The average molecular weight is 273 g/mol. The largest absolute Gasteiger partial charge is 0.493 e. The molecule has 2 aromatic rings. The van der Waals surface area contributed by atoms with Crippen molar-refractivity contribution in [2.24, 2.45) is 0 Å². The van der Waals surface area contributed by atoms with Crippen LogP contribution in [0.25, 0.3) is 0 Å². The molecule has 1 atom stereocenters. The van der Waals surface area contributed by atoms with Gasteiger partial charge in [0.25, 0.3) is 0 Å². The van der Waals surface area contributed by atoms with E-state index < -0.39 is 0 Å². The number of thiophene rings is 1. The van der Waals surface area contributed by atoms with E-state index in [9.17, 15) is 0 Å². The molecule has 0 radical (unpaired) electrons. The van der Waals surface area contributed by atoms with E-state index in [1.807, 2.05) is 11.3 Å². The van der Waals surface area contributed by atoms with Crippen LogP contribution >= 0.6 is 11.3 Å². The van der Waals surface area contributed by atoms with E-state index in [0.29, 0.717) is 6.04 Å². The molecule has 100 valence electrons. The van der Waals surface area contributed by atoms with Crippen LogP contribution in [-0.4, -0.2) is 13.2 Å². The molecule has 1 unspecified atom stereocenters. The summed E-state index contributed by atoms with van der Waals surface area (Å²) in [5, 5.41) is 5.73. The monoisotopic (exact) mass is 273 g/mol. The van der Waals surface area contributed by atoms with Crippen molar-refractivity contribution in [1.82, 2.24) is 5.32 Å². The number of rotatable bonds is 5. The fraction of sp³-hybridized carbons (Fsp3) is 0.375. The van der Waals surface area contributed by atoms with Gasteiger partial charge in [0.2, 0.25) is 0 Å². The minimum absolute atomic E-state index is 0.394. The Labute approximate surface area is 118 Å². The molecule has 2 heterocycles. The zero-order chi connectivity index (χ0) is 13.1. The van der Waals surface area contributed by atoms with Crippen molar-refractivity contribution in [3.63, 3.8) is 0 Å². The number of hydrogen-bond acceptors (Lipinski definition) is 3. The van der Waals surface area contributed by atoms with Crippen molar-refractivity contribution in [3.8, 4) is 5.75 Å². The van der Waals surface area contributed by atoms with Crippen LogP contribution in [0.3, 0.4) is 0 Å². The van der Waals surface area contributed by atoms with Crippen molar-refractivity contribution in [3.05, 3.63) is 51.7 Å². The molecule has 3 heteroatoms. The first-order valence-electron chi connectivity index (χ1n) is 6.84. The Morgan fingerprint density at radius 1 is 1.37 bits per heavy atom. The number of benzene rings is 1. The Morgan fingerprint density at radius 2 is 2.32 bits per heavy atom. The zero-order valence-corrected chi connectivity index (χ0v) is 12.0. The lowest BCUT2D eigenvalue weighted by Crippen LogP contribution is -2.21. The molecule has 1 N–H and O–H groups in total. The van der Waals surface area contributed by atoms with Crippen LogP contribution in [0.4, 0.5) is 0 Å². The first-order valence-corrected chi connectivity index (χ1v) is 7.72. The Bertz CT molecular complexity index is 536. The molecular formula is C16H19NOS. The van der Waals surface area contributed by atoms with Gasteiger partial charge in [0.1, 0.15) is 5.75 Å². The Morgan fingerprint density at radius 3 is 3.16 bits per heavy atom. The van der Waals surface area contributed by atoms with Gasteiger partial charge in [-0.2, -0.15) is 0 Å². The van der Waals surface area contributed by atoms with Gasteiger partial charge >= 0.3 is 0 Å². The summed E-state index contributed by atoms with van der Waals surface area (Å²) in [6.45, 7) is 4.08. The summed E-state index contributed by atoms with van der Waals surface area (Å²) in [5.74, 6) is 1.06. The van der Waals surface area contributed by atoms with Gasteiger partial charge in [-0.1, -0.05) is 18.2 Å². The van der Waals surface area contributed by atoms with E-state index >= 15 is 0 Å². The number of fused-ring (bicyclic) bond motifs is 1. The molecule has 0 fully saturated rings. The third-order valence-electron chi connectivity index (χ3n) is 3.62. The smallest absolute Gasteiger partial charge is 0.122 e. The van der Waals surface area contributed by atoms with E-state index in [-0.39, 0.29) is 0 Å². The Balaban J connectivity index is 1.56. The fourth-order valence-corrected chi connectivity index (χ4v) is 3.17. The van der Waals surface area contributed by atoms with E-state index in [0.717, 1.165) is 31.7 Å². The number of hydrogen-bond donors (Lipinski definition) is 1. The molecule has 2 nitrogen and oxygen atoms in total. The van der Waals surface area contributed by atoms with E-state index in [2.05, 4.69) is 48.0 Å². The van der Waals surface area contributed by atoms with Gasteiger partial charge < -0.3 is 10.1 Å². The maximum Gasteiger partial charge on any atom is 0.122 e. The predicted octanol–water partition coefficient (Wildman–Crippen LogP) is 3.58. The Kier molecular flexibility index (Phi) is 3.85. The van der Waals surface area contributed by atoms with Crippen LogP contribution in [0.2, 0.25) is 0 Å². The van der Waals surface area contributed by atoms with Gasteiger partial charge in [-0.25, -0.2) is 0 Å². The standard InChI is InChI=1S/C16H19NOS/c1-12(17-8-6-15-3-2-10-19-15)13-4-5-16-14(11-13)7-9-18-16/h2-5,10-12,17H,6-9H2,1H3. The van der Waals surface area contributed by atoms with Crippen molar-refractivity contribution >= 4 is 11.3 Å². The van der Waals surface area contributed by atoms with E-state index in [4.69, 9.17) is 4.74 Å². The van der Waals surface area contributed by atoms with Crippen LogP contribution in [0.15, 0.2) is 35.7 Å². The first kappa shape index (κ1) is 12.7. The lowest BCUT2D eigenvalue weighted by atomic mass is 10.0. The lowest BCUT2D eigenvalue weighted by Gasteiger charge is -2.15. The van der Waals surface area contributed by atoms with Gasteiger partial charge in [-0.3, -0.25) is 0 Å². The second kappa shape index (κ2) is 5.76. The van der Waals surface area contributed by atoms with Crippen LogP contribution < -0.4 is 10.1 Å². The summed E-state index contributed by atoms with van der Waals surface area (Å²) in [6.07, 6.45) is 2.15. The molecule has 1 aromatic carbocycles. The minimum Gasteiger partial charge on any atom is -0.493 e. The molecule has 19 heavy (non-hydrogen) atoms. The molecule has 3 rings (SSSR count). The fourth-order valence-electron chi connectivity index (χ4n) is 2.46. The summed E-state index contributed by atoms with van der Waals surface area (Å²) < 4.78 is 5.54. The SMILES string of the molecule is CC(NCCc1cccs1)c1ccc2c(c1)CCO2. The summed E-state index contributed by atoms with van der Waals surface area (Å²) in [5.41, 5.74) is 2.71. The van der Waals surface area contributed by atoms with Gasteiger partial charge in [-0.15, -0.1) is 11.3 Å². The summed E-state index contributed by atoms with van der Waals surface area (Å²) >= 11 is 1.83. The highest BCUT2D eigenvalue weighted by atomic mass is 32.1. The zero-order valence-electron chi connectivity index (χ0n) is 11.2. The third kappa shape index (κ3) is 2.99. The van der Waals surface area contributed by atoms with Crippen molar-refractivity contribution in [2.75, 3.05) is 13.2 Å². The van der Waals surface area contributed by atoms with Crippen LogP contribution in [0.1, 0.15) is 29.0 Å². The normalized spacial score (nSPS) is 15.0. The maximum atomic E-state index is 5.54. The van der Waals surface area contributed by atoms with Gasteiger partial charge in [0.05, 0.1) is 6.61 Å². The highest BCUT2D eigenvalue weighted by Gasteiger charge is 2.14.